The second-order valence-electron chi connectivity index (χ2n) is 6.11. The molecule has 1 aromatic carbocycles. The molecule has 152 valence electrons. The zero-order chi connectivity index (χ0) is 21.1. The molecule has 9 nitrogen and oxygen atoms in total. The summed E-state index contributed by atoms with van der Waals surface area (Å²) in [6, 6.07) is 10.6. The van der Waals surface area contributed by atoms with Crippen LogP contribution >= 0.6 is 23.1 Å². The number of hydrazine groups is 1. The first kappa shape index (κ1) is 19.9. The average Bonchev–Trinajstić information content (AvgIpc) is 3.44. The van der Waals surface area contributed by atoms with Crippen molar-refractivity contribution in [3.05, 3.63) is 69.7 Å². The fraction of sp³-hybridized carbons (Fsp3) is 0.105. The van der Waals surface area contributed by atoms with E-state index in [1.54, 1.807) is 46.2 Å². The van der Waals surface area contributed by atoms with E-state index in [-0.39, 0.29) is 23.8 Å². The Balaban J connectivity index is 1.56. The molecule has 0 fully saturated rings. The largest absolute Gasteiger partial charge is 0.279 e. The fourth-order valence-corrected chi connectivity index (χ4v) is 4.24. The van der Waals surface area contributed by atoms with E-state index < -0.39 is 5.91 Å². The number of carbonyl (C=O) groups excluding carboxylic acids is 2. The molecule has 0 aliphatic rings. The van der Waals surface area contributed by atoms with Gasteiger partial charge in [-0.3, -0.25) is 34.2 Å². The Morgan fingerprint density at radius 2 is 2.00 bits per heavy atom. The number of benzene rings is 1. The Kier molecular flexibility index (Phi) is 5.63. The van der Waals surface area contributed by atoms with E-state index in [1.165, 1.54) is 15.9 Å². The second-order valence-corrected chi connectivity index (χ2v) is 8.00. The summed E-state index contributed by atoms with van der Waals surface area (Å²) < 4.78 is 3.22. The molecule has 0 atom stereocenters. The lowest BCUT2D eigenvalue weighted by molar-refractivity contribution is -0.119. The van der Waals surface area contributed by atoms with Crippen LogP contribution in [-0.2, 0) is 11.3 Å². The maximum absolute atomic E-state index is 12.8. The minimum Gasteiger partial charge on any atom is -0.272 e. The summed E-state index contributed by atoms with van der Waals surface area (Å²) in [6.45, 7) is 3.98. The van der Waals surface area contributed by atoms with Crippen molar-refractivity contribution in [1.82, 2.24) is 30.0 Å². The predicted octanol–water partition coefficient (Wildman–Crippen LogP) is 1.84. The molecule has 4 rings (SSSR count). The summed E-state index contributed by atoms with van der Waals surface area (Å²) in [7, 11) is 0. The smallest absolute Gasteiger partial charge is 0.272 e. The van der Waals surface area contributed by atoms with Crippen LogP contribution < -0.4 is 16.4 Å². The summed E-state index contributed by atoms with van der Waals surface area (Å²) >= 11 is 2.43. The molecule has 0 aliphatic heterocycles. The van der Waals surface area contributed by atoms with E-state index in [0.29, 0.717) is 26.7 Å². The fourth-order valence-electron chi connectivity index (χ4n) is 2.88. The topological polar surface area (TPSA) is 110 Å². The first-order valence-electron chi connectivity index (χ1n) is 8.83. The zero-order valence-electron chi connectivity index (χ0n) is 15.6. The summed E-state index contributed by atoms with van der Waals surface area (Å²) in [5, 5.41) is 11.0. The number of thiophene rings is 1. The lowest BCUT2D eigenvalue weighted by atomic mass is 10.2. The van der Waals surface area contributed by atoms with Gasteiger partial charge in [0.25, 0.3) is 11.5 Å². The van der Waals surface area contributed by atoms with Crippen LogP contribution in [0.4, 0.5) is 0 Å². The number of carbonyl (C=O) groups is 2. The molecule has 3 heterocycles. The van der Waals surface area contributed by atoms with Crippen molar-refractivity contribution in [3.8, 4) is 0 Å². The lowest BCUT2D eigenvalue weighted by Crippen LogP contribution is -2.42. The van der Waals surface area contributed by atoms with Gasteiger partial charge in [-0.15, -0.1) is 28.1 Å². The maximum atomic E-state index is 12.8. The number of thioether (sulfide) groups is 1. The van der Waals surface area contributed by atoms with E-state index >= 15 is 0 Å². The van der Waals surface area contributed by atoms with Crippen LogP contribution in [0.5, 0.6) is 0 Å². The summed E-state index contributed by atoms with van der Waals surface area (Å²) in [4.78, 5) is 37.3. The van der Waals surface area contributed by atoms with Gasteiger partial charge in [0.2, 0.25) is 11.7 Å². The molecular weight excluding hydrogens is 424 g/mol. The van der Waals surface area contributed by atoms with Gasteiger partial charge in [0.05, 0.1) is 21.5 Å². The molecule has 2 amide bonds. The highest BCUT2D eigenvalue weighted by atomic mass is 32.2. The molecule has 0 saturated carbocycles. The number of rotatable bonds is 6. The van der Waals surface area contributed by atoms with Crippen LogP contribution in [0.1, 0.15) is 9.67 Å². The van der Waals surface area contributed by atoms with Gasteiger partial charge in [0.1, 0.15) is 0 Å². The maximum Gasteiger partial charge on any atom is 0.279 e. The molecule has 3 aromatic heterocycles. The van der Waals surface area contributed by atoms with E-state index in [4.69, 9.17) is 0 Å². The van der Waals surface area contributed by atoms with Crippen LogP contribution in [0.2, 0.25) is 0 Å². The van der Waals surface area contributed by atoms with Crippen molar-refractivity contribution in [3.63, 3.8) is 0 Å². The molecule has 4 aromatic rings. The molecule has 0 radical (unpaired) electrons. The number of amides is 2. The second kappa shape index (κ2) is 8.51. The van der Waals surface area contributed by atoms with Gasteiger partial charge in [-0.25, -0.2) is 0 Å². The molecular formula is C19H16N6O3S2. The number of aromatic nitrogens is 4. The summed E-state index contributed by atoms with van der Waals surface area (Å²) in [5.41, 5.74) is 5.22. The monoisotopic (exact) mass is 440 g/mol. The number of nitrogens with one attached hydrogen (secondary N) is 2. The van der Waals surface area contributed by atoms with Gasteiger partial charge in [-0.1, -0.05) is 36.0 Å². The van der Waals surface area contributed by atoms with Crippen LogP contribution in [0.15, 0.2) is 64.4 Å². The Morgan fingerprint density at radius 3 is 2.77 bits per heavy atom. The molecule has 30 heavy (non-hydrogen) atoms. The van der Waals surface area contributed by atoms with Crippen molar-refractivity contribution < 1.29 is 9.59 Å². The highest BCUT2D eigenvalue weighted by Crippen LogP contribution is 2.21. The zero-order valence-corrected chi connectivity index (χ0v) is 17.2. The Morgan fingerprint density at radius 1 is 1.17 bits per heavy atom. The Labute approximate surface area is 178 Å². The molecule has 2 N–H and O–H groups in total. The number of hydrogen-bond acceptors (Lipinski definition) is 7. The van der Waals surface area contributed by atoms with Crippen molar-refractivity contribution >= 4 is 51.6 Å². The van der Waals surface area contributed by atoms with Gasteiger partial charge in [0.15, 0.2) is 5.16 Å². The quantitative estimate of drug-likeness (QED) is 0.269. The van der Waals surface area contributed by atoms with Crippen LogP contribution in [-0.4, -0.2) is 36.7 Å². The van der Waals surface area contributed by atoms with Gasteiger partial charge in [-0.05, 0) is 23.6 Å². The number of allylic oxidation sites excluding steroid dienone is 1. The standard InChI is InChI=1S/C19H16N6O3S2/c1-2-9-24-17(28)12-6-3-4-7-13(12)25-18(24)22-23-19(25)30-11-15(26)20-21-16(27)14-8-5-10-29-14/h2-8,10H,1,9,11H2,(H,20,26)(H,21,27). The number of para-hydroxylation sites is 1. The number of nitrogens with zero attached hydrogens (tertiary/aromatic N) is 4. The van der Waals surface area contributed by atoms with Crippen LogP contribution in [0.25, 0.3) is 16.7 Å². The SMILES string of the molecule is C=CCn1c(=O)c2ccccc2n2c(SCC(=O)NNC(=O)c3cccs3)nnc12. The number of hydrogen-bond donors (Lipinski definition) is 2. The number of fused-ring (bicyclic) bond motifs is 3. The molecule has 0 bridgehead atoms. The first-order valence-corrected chi connectivity index (χ1v) is 10.7. The van der Waals surface area contributed by atoms with Crippen molar-refractivity contribution in [2.45, 2.75) is 11.7 Å². The van der Waals surface area contributed by atoms with Crippen molar-refractivity contribution in [2.75, 3.05) is 5.75 Å². The molecule has 0 aliphatic carbocycles. The molecule has 0 unspecified atom stereocenters. The third-order valence-electron chi connectivity index (χ3n) is 4.18. The normalized spacial score (nSPS) is 10.9. The Bertz CT molecular complexity index is 1310. The van der Waals surface area contributed by atoms with E-state index in [2.05, 4.69) is 27.6 Å². The molecule has 0 saturated heterocycles. The van der Waals surface area contributed by atoms with Crippen LogP contribution in [0, 0.1) is 0 Å². The molecule has 11 heteroatoms. The van der Waals surface area contributed by atoms with Gasteiger partial charge in [-0.2, -0.15) is 0 Å². The highest BCUT2D eigenvalue weighted by Gasteiger charge is 2.17. The average molecular weight is 441 g/mol. The van der Waals surface area contributed by atoms with Crippen molar-refractivity contribution in [1.29, 1.82) is 0 Å². The van der Waals surface area contributed by atoms with Gasteiger partial charge < -0.3 is 0 Å². The third kappa shape index (κ3) is 3.72. The summed E-state index contributed by atoms with van der Waals surface area (Å²) in [6.07, 6.45) is 1.61. The van der Waals surface area contributed by atoms with Crippen molar-refractivity contribution in [2.24, 2.45) is 0 Å². The minimum absolute atomic E-state index is 0.000422. The predicted molar refractivity (Wildman–Crippen MR) is 116 cm³/mol. The molecule has 0 spiro atoms. The van der Waals surface area contributed by atoms with E-state index in [1.807, 2.05) is 6.07 Å². The lowest BCUT2D eigenvalue weighted by Gasteiger charge is -2.09. The van der Waals surface area contributed by atoms with Crippen LogP contribution in [0.3, 0.4) is 0 Å². The Hall–Kier alpha value is -3.44. The highest BCUT2D eigenvalue weighted by molar-refractivity contribution is 7.99. The minimum atomic E-state index is -0.398. The van der Waals surface area contributed by atoms with E-state index in [0.717, 1.165) is 11.8 Å². The third-order valence-corrected chi connectivity index (χ3v) is 5.98. The van der Waals surface area contributed by atoms with Gasteiger partial charge in [0, 0.05) is 6.54 Å². The van der Waals surface area contributed by atoms with E-state index in [9.17, 15) is 14.4 Å². The summed E-state index contributed by atoms with van der Waals surface area (Å²) in [5.74, 6) is -0.408. The van der Waals surface area contributed by atoms with Gasteiger partial charge >= 0.3 is 0 Å². The first-order chi connectivity index (χ1) is 14.6.